The maximum absolute atomic E-state index is 10.9. The molecule has 2 aromatic heterocycles. The molecule has 1 N–H and O–H groups in total. The minimum absolute atomic E-state index is 0.320. The van der Waals surface area contributed by atoms with Crippen LogP contribution in [0.1, 0.15) is 19.8 Å². The Morgan fingerprint density at radius 2 is 2.21 bits per heavy atom. The Balaban J connectivity index is 1.41. The van der Waals surface area contributed by atoms with Gasteiger partial charge in [-0.3, -0.25) is 4.79 Å². The molecule has 1 saturated carbocycles. The van der Waals surface area contributed by atoms with Crippen LogP contribution in [0.25, 0.3) is 10.2 Å². The lowest BCUT2D eigenvalue weighted by Crippen LogP contribution is -2.46. The van der Waals surface area contributed by atoms with Gasteiger partial charge in [-0.05, 0) is 31.1 Å². The summed E-state index contributed by atoms with van der Waals surface area (Å²) in [6.07, 6.45) is 1.53. The van der Waals surface area contributed by atoms with Crippen molar-refractivity contribution in [3.05, 3.63) is 11.6 Å². The highest BCUT2D eigenvalue weighted by Gasteiger charge is 2.56. The predicted molar refractivity (Wildman–Crippen MR) is 93.8 cm³/mol. The maximum Gasteiger partial charge on any atom is 0.303 e. The minimum atomic E-state index is -0.667. The van der Waals surface area contributed by atoms with Gasteiger partial charge >= 0.3 is 5.97 Å². The molecule has 126 valence electrons. The zero-order valence-electron chi connectivity index (χ0n) is 13.6. The fraction of sp³-hybridized carbons (Fsp3) is 0.588. The zero-order chi connectivity index (χ0) is 16.4. The normalized spacial score (nSPS) is 31.2. The summed E-state index contributed by atoms with van der Waals surface area (Å²) in [4.78, 5) is 25.1. The molecule has 0 aromatic carbocycles. The lowest BCUT2D eigenvalue weighted by molar-refractivity contribution is -0.137. The molecule has 4 heterocycles. The molecule has 1 unspecified atom stereocenters. The Kier molecular flexibility index (Phi) is 3.04. The number of fused-ring (bicyclic) bond motifs is 2. The Bertz CT molecular complexity index is 810. The minimum Gasteiger partial charge on any atom is -0.481 e. The van der Waals surface area contributed by atoms with Crippen molar-refractivity contribution in [1.29, 1.82) is 0 Å². The number of hydrogen-bond donors (Lipinski definition) is 1. The molecule has 2 aromatic rings. The molecule has 2 aliphatic heterocycles. The Morgan fingerprint density at radius 3 is 2.83 bits per heavy atom. The molecule has 3 fully saturated rings. The summed E-state index contributed by atoms with van der Waals surface area (Å²) in [7, 11) is 0. The van der Waals surface area contributed by atoms with Gasteiger partial charge in [0.1, 0.15) is 11.3 Å². The highest BCUT2D eigenvalue weighted by molar-refractivity contribution is 7.16. The number of nitrogens with zero attached hydrogens (tertiary/aromatic N) is 4. The molecular weight excluding hydrogens is 324 g/mol. The van der Waals surface area contributed by atoms with E-state index in [9.17, 15) is 4.79 Å². The van der Waals surface area contributed by atoms with Crippen LogP contribution in [-0.4, -0.2) is 46.7 Å². The van der Waals surface area contributed by atoms with Crippen LogP contribution < -0.4 is 9.80 Å². The van der Waals surface area contributed by atoms with Crippen molar-refractivity contribution in [1.82, 2.24) is 9.97 Å². The molecule has 0 bridgehead atoms. The van der Waals surface area contributed by atoms with Gasteiger partial charge in [0.2, 0.25) is 0 Å². The summed E-state index contributed by atoms with van der Waals surface area (Å²) in [6.45, 7) is 5.16. The smallest absolute Gasteiger partial charge is 0.303 e. The van der Waals surface area contributed by atoms with E-state index in [0.29, 0.717) is 30.2 Å². The van der Waals surface area contributed by atoms with E-state index in [1.54, 1.807) is 11.3 Å². The van der Waals surface area contributed by atoms with Gasteiger partial charge in [0.25, 0.3) is 0 Å². The summed E-state index contributed by atoms with van der Waals surface area (Å²) in [5.41, 5.74) is 2.91. The van der Waals surface area contributed by atoms with E-state index in [0.717, 1.165) is 36.8 Å². The van der Waals surface area contributed by atoms with E-state index in [4.69, 9.17) is 10.1 Å². The Morgan fingerprint density at radius 1 is 1.42 bits per heavy atom. The van der Waals surface area contributed by atoms with E-state index in [1.807, 2.05) is 5.51 Å². The second-order valence-electron chi connectivity index (χ2n) is 7.33. The number of rotatable bonds is 4. The quantitative estimate of drug-likeness (QED) is 0.919. The third-order valence-electron chi connectivity index (χ3n) is 5.98. The van der Waals surface area contributed by atoms with Gasteiger partial charge in [0, 0.05) is 38.2 Å². The predicted octanol–water partition coefficient (Wildman–Crippen LogP) is 2.45. The number of hydrogen-bond acceptors (Lipinski definition) is 6. The van der Waals surface area contributed by atoms with E-state index in [1.165, 1.54) is 11.1 Å². The van der Waals surface area contributed by atoms with E-state index in [2.05, 4.69) is 27.8 Å². The largest absolute Gasteiger partial charge is 0.481 e. The number of piperidine rings is 1. The summed E-state index contributed by atoms with van der Waals surface area (Å²) in [5.74, 6) is 2.82. The van der Waals surface area contributed by atoms with Crippen molar-refractivity contribution in [3.63, 3.8) is 0 Å². The van der Waals surface area contributed by atoms with Gasteiger partial charge in [0.15, 0.2) is 5.82 Å². The molecular formula is C17H20N4O2S. The molecule has 0 radical (unpaired) electrons. The van der Waals surface area contributed by atoms with Crippen molar-refractivity contribution in [2.24, 2.45) is 17.8 Å². The number of thiazole rings is 1. The number of pyridine rings is 1. The SMILES string of the molecule is C[C@H]1CCN1c1nc(N2C[C@@H]3C(CC(=O)O)[C@@H]3C2)cc2scnc12. The fourth-order valence-corrected chi connectivity index (χ4v) is 5.07. The van der Waals surface area contributed by atoms with Crippen molar-refractivity contribution in [3.8, 4) is 0 Å². The van der Waals surface area contributed by atoms with Crippen LogP contribution in [0.2, 0.25) is 0 Å². The lowest BCUT2D eigenvalue weighted by Gasteiger charge is -2.40. The number of aliphatic carboxylic acids is 1. The number of carboxylic acids is 1. The third kappa shape index (κ3) is 2.10. The molecule has 2 saturated heterocycles. The average molecular weight is 344 g/mol. The topological polar surface area (TPSA) is 69.6 Å². The van der Waals surface area contributed by atoms with Gasteiger partial charge in [-0.2, -0.15) is 0 Å². The van der Waals surface area contributed by atoms with E-state index in [-0.39, 0.29) is 0 Å². The van der Waals surface area contributed by atoms with Crippen LogP contribution in [0.15, 0.2) is 11.6 Å². The van der Waals surface area contributed by atoms with Gasteiger partial charge in [-0.15, -0.1) is 11.3 Å². The summed E-state index contributed by atoms with van der Waals surface area (Å²) < 4.78 is 1.19. The van der Waals surface area contributed by atoms with Crippen LogP contribution in [0.3, 0.4) is 0 Å². The maximum atomic E-state index is 10.9. The number of aromatic nitrogens is 2. The summed E-state index contributed by atoms with van der Waals surface area (Å²) >= 11 is 1.67. The highest BCUT2D eigenvalue weighted by atomic mass is 32.1. The molecule has 4 atom stereocenters. The van der Waals surface area contributed by atoms with Crippen LogP contribution in [0.4, 0.5) is 11.6 Å². The second-order valence-corrected chi connectivity index (χ2v) is 8.22. The Hall–Kier alpha value is -1.89. The van der Waals surface area contributed by atoms with Gasteiger partial charge in [-0.1, -0.05) is 0 Å². The lowest BCUT2D eigenvalue weighted by atomic mass is 10.1. The molecule has 5 rings (SSSR count). The van der Waals surface area contributed by atoms with Crippen molar-refractivity contribution < 1.29 is 9.90 Å². The first-order valence-corrected chi connectivity index (χ1v) is 9.47. The van der Waals surface area contributed by atoms with Gasteiger partial charge in [-0.25, -0.2) is 9.97 Å². The second kappa shape index (κ2) is 5.05. The van der Waals surface area contributed by atoms with Gasteiger partial charge < -0.3 is 14.9 Å². The van der Waals surface area contributed by atoms with Crippen LogP contribution in [0, 0.1) is 17.8 Å². The van der Waals surface area contributed by atoms with Crippen molar-refractivity contribution in [2.45, 2.75) is 25.8 Å². The number of anilines is 2. The Labute approximate surface area is 144 Å². The first-order valence-electron chi connectivity index (χ1n) is 8.59. The summed E-state index contributed by atoms with van der Waals surface area (Å²) in [6, 6.07) is 2.68. The van der Waals surface area contributed by atoms with E-state index >= 15 is 0 Å². The first kappa shape index (κ1) is 14.5. The van der Waals surface area contributed by atoms with Crippen LogP contribution in [0.5, 0.6) is 0 Å². The summed E-state index contributed by atoms with van der Waals surface area (Å²) in [5, 5.41) is 8.98. The molecule has 1 aliphatic carbocycles. The monoisotopic (exact) mass is 344 g/mol. The number of carboxylic acid groups (broad SMARTS) is 1. The molecule has 7 heteroatoms. The van der Waals surface area contributed by atoms with Crippen LogP contribution >= 0.6 is 11.3 Å². The molecule has 0 amide bonds. The molecule has 24 heavy (non-hydrogen) atoms. The fourth-order valence-electron chi connectivity index (χ4n) is 4.37. The number of carbonyl (C=O) groups is 1. The van der Waals surface area contributed by atoms with Crippen molar-refractivity contribution >= 4 is 39.2 Å². The zero-order valence-corrected chi connectivity index (χ0v) is 14.4. The highest BCUT2D eigenvalue weighted by Crippen LogP contribution is 2.54. The first-order chi connectivity index (χ1) is 11.6. The van der Waals surface area contributed by atoms with E-state index < -0.39 is 5.97 Å². The third-order valence-corrected chi connectivity index (χ3v) is 6.76. The molecule has 6 nitrogen and oxygen atoms in total. The van der Waals surface area contributed by atoms with Gasteiger partial charge in [0.05, 0.1) is 10.2 Å². The average Bonchev–Trinajstić information content (AvgIpc) is 2.98. The van der Waals surface area contributed by atoms with Crippen molar-refractivity contribution in [2.75, 3.05) is 29.4 Å². The molecule has 0 spiro atoms. The molecule has 3 aliphatic rings. The standard InChI is InChI=1S/C17H20N4O2S/c1-9-2-3-21(9)17-16-13(24-8-18-16)5-14(19-17)20-6-11-10(4-15(22)23)12(11)7-20/h5,8-12H,2-4,6-7H2,1H3,(H,22,23)/t9-,10?,11-,12+/m0/s1. The van der Waals surface area contributed by atoms with Crippen LogP contribution in [-0.2, 0) is 4.79 Å².